The first kappa shape index (κ1) is 22.0. The minimum absolute atomic E-state index is 0.0313. The molecule has 1 heterocycles. The zero-order chi connectivity index (χ0) is 21.9. The lowest BCUT2D eigenvalue weighted by atomic mass is 10.1. The summed E-state index contributed by atoms with van der Waals surface area (Å²) in [6.07, 6.45) is 2.74. The molecule has 0 aromatic heterocycles. The van der Waals surface area contributed by atoms with E-state index in [9.17, 15) is 18.0 Å². The van der Waals surface area contributed by atoms with Gasteiger partial charge in [0.1, 0.15) is 0 Å². The average Bonchev–Trinajstić information content (AvgIpc) is 2.73. The van der Waals surface area contributed by atoms with Gasteiger partial charge < -0.3 is 10.6 Å². The predicted molar refractivity (Wildman–Crippen MR) is 116 cm³/mol. The molecule has 1 atom stereocenters. The summed E-state index contributed by atoms with van der Waals surface area (Å²) in [5.74, 6) is -0.707. The molecule has 1 saturated heterocycles. The highest BCUT2D eigenvalue weighted by molar-refractivity contribution is 7.89. The molecule has 160 valence electrons. The lowest BCUT2D eigenvalue weighted by Crippen LogP contribution is -2.41. The number of rotatable bonds is 5. The van der Waals surface area contributed by atoms with Crippen LogP contribution in [-0.2, 0) is 10.0 Å². The van der Waals surface area contributed by atoms with Gasteiger partial charge in [-0.25, -0.2) is 8.42 Å². The van der Waals surface area contributed by atoms with Crippen LogP contribution in [0.15, 0.2) is 47.4 Å². The fourth-order valence-corrected chi connectivity index (χ4v) is 5.43. The minimum atomic E-state index is -3.59. The molecular formula is C22H27N3O4S. The van der Waals surface area contributed by atoms with E-state index in [1.807, 2.05) is 6.92 Å². The van der Waals surface area contributed by atoms with Crippen molar-refractivity contribution in [1.29, 1.82) is 0 Å². The Labute approximate surface area is 177 Å². The van der Waals surface area contributed by atoms with E-state index < -0.39 is 15.9 Å². The second-order valence-corrected chi connectivity index (χ2v) is 9.41. The highest BCUT2D eigenvalue weighted by Gasteiger charge is 2.31. The van der Waals surface area contributed by atoms with Gasteiger partial charge in [-0.1, -0.05) is 18.6 Å². The summed E-state index contributed by atoms with van der Waals surface area (Å²) in [6.45, 7) is 4.23. The molecule has 2 amide bonds. The molecule has 7 nitrogen and oxygen atoms in total. The predicted octanol–water partition coefficient (Wildman–Crippen LogP) is 3.17. The van der Waals surface area contributed by atoms with Gasteiger partial charge in [-0.2, -0.15) is 4.31 Å². The van der Waals surface area contributed by atoms with Gasteiger partial charge in [0.15, 0.2) is 0 Å². The Balaban J connectivity index is 1.81. The molecule has 8 heteroatoms. The molecule has 0 saturated carbocycles. The smallest absolute Gasteiger partial charge is 0.255 e. The van der Waals surface area contributed by atoms with Crippen LogP contribution in [0.25, 0.3) is 0 Å². The second-order valence-electron chi connectivity index (χ2n) is 7.52. The van der Waals surface area contributed by atoms with Crippen molar-refractivity contribution >= 4 is 27.5 Å². The molecule has 1 aliphatic heterocycles. The second kappa shape index (κ2) is 8.97. The lowest BCUT2D eigenvalue weighted by Gasteiger charge is -2.32. The largest absolute Gasteiger partial charge is 0.355 e. The van der Waals surface area contributed by atoms with Gasteiger partial charge in [0, 0.05) is 25.2 Å². The quantitative estimate of drug-likeness (QED) is 0.763. The molecular weight excluding hydrogens is 402 g/mol. The molecule has 1 fully saturated rings. The summed E-state index contributed by atoms with van der Waals surface area (Å²) >= 11 is 0. The fraction of sp³-hybridized carbons (Fsp3) is 0.364. The maximum atomic E-state index is 12.9. The fourth-order valence-electron chi connectivity index (χ4n) is 3.74. The van der Waals surface area contributed by atoms with Crippen LogP contribution >= 0.6 is 0 Å². The van der Waals surface area contributed by atoms with Gasteiger partial charge in [-0.05, 0) is 62.6 Å². The summed E-state index contributed by atoms with van der Waals surface area (Å²) in [6, 6.07) is 11.1. The molecule has 2 aromatic rings. The van der Waals surface area contributed by atoms with E-state index >= 15 is 0 Å². The van der Waals surface area contributed by atoms with Crippen molar-refractivity contribution in [3.8, 4) is 0 Å². The number of piperidine rings is 1. The van der Waals surface area contributed by atoms with Crippen LogP contribution in [0.2, 0.25) is 0 Å². The minimum Gasteiger partial charge on any atom is -0.355 e. The number of benzene rings is 2. The van der Waals surface area contributed by atoms with Crippen LogP contribution in [0.4, 0.5) is 5.69 Å². The van der Waals surface area contributed by atoms with Gasteiger partial charge in [-0.15, -0.1) is 0 Å². The average molecular weight is 430 g/mol. The summed E-state index contributed by atoms with van der Waals surface area (Å²) in [5.41, 5.74) is 1.85. The van der Waals surface area contributed by atoms with Crippen LogP contribution < -0.4 is 10.6 Å². The molecule has 1 unspecified atom stereocenters. The van der Waals surface area contributed by atoms with Crippen molar-refractivity contribution < 1.29 is 18.0 Å². The number of hydrogen-bond donors (Lipinski definition) is 2. The Bertz CT molecular complexity index is 1050. The van der Waals surface area contributed by atoms with E-state index in [1.165, 1.54) is 35.6 Å². The summed E-state index contributed by atoms with van der Waals surface area (Å²) in [4.78, 5) is 25.0. The standard InChI is InChI=1S/C22H27N3O4S/c1-15-7-6-9-19(20(15)22(27)23-3)24-21(26)17-10-12-18(13-11-17)30(28,29)25-14-5-4-8-16(25)2/h6-7,9-13,16H,4-5,8,14H2,1-3H3,(H,23,27)(H,24,26). The number of carbonyl (C=O) groups is 2. The van der Waals surface area contributed by atoms with Crippen molar-refractivity contribution in [2.45, 2.75) is 44.0 Å². The third kappa shape index (κ3) is 4.39. The maximum Gasteiger partial charge on any atom is 0.255 e. The SMILES string of the molecule is CNC(=O)c1c(C)cccc1NC(=O)c1ccc(S(=O)(=O)N2CCCCC2C)cc1. The maximum absolute atomic E-state index is 12.9. The molecule has 1 aliphatic rings. The zero-order valence-corrected chi connectivity index (χ0v) is 18.3. The van der Waals surface area contributed by atoms with E-state index in [-0.39, 0.29) is 16.8 Å². The third-order valence-electron chi connectivity index (χ3n) is 5.44. The van der Waals surface area contributed by atoms with Gasteiger partial charge in [0.25, 0.3) is 11.8 Å². The molecule has 0 spiro atoms. The van der Waals surface area contributed by atoms with Crippen molar-refractivity contribution in [2.75, 3.05) is 18.9 Å². The van der Waals surface area contributed by atoms with Gasteiger partial charge in [-0.3, -0.25) is 9.59 Å². The zero-order valence-electron chi connectivity index (χ0n) is 17.4. The highest BCUT2D eigenvalue weighted by atomic mass is 32.2. The lowest BCUT2D eigenvalue weighted by molar-refractivity contribution is 0.0963. The Morgan fingerprint density at radius 2 is 1.73 bits per heavy atom. The van der Waals surface area contributed by atoms with Crippen LogP contribution in [0.5, 0.6) is 0 Å². The van der Waals surface area contributed by atoms with E-state index in [0.717, 1.165) is 24.8 Å². The van der Waals surface area contributed by atoms with E-state index in [0.29, 0.717) is 23.4 Å². The monoisotopic (exact) mass is 429 g/mol. The topological polar surface area (TPSA) is 95.6 Å². The highest BCUT2D eigenvalue weighted by Crippen LogP contribution is 2.26. The first-order valence-corrected chi connectivity index (χ1v) is 11.4. The van der Waals surface area contributed by atoms with E-state index in [4.69, 9.17) is 0 Å². The molecule has 30 heavy (non-hydrogen) atoms. The Hall–Kier alpha value is -2.71. The first-order valence-electron chi connectivity index (χ1n) is 10.0. The van der Waals surface area contributed by atoms with Crippen LogP contribution in [0, 0.1) is 6.92 Å². The Kier molecular flexibility index (Phi) is 6.58. The van der Waals surface area contributed by atoms with Crippen LogP contribution in [0.1, 0.15) is 52.5 Å². The van der Waals surface area contributed by atoms with Crippen LogP contribution in [-0.4, -0.2) is 44.2 Å². The van der Waals surface area contributed by atoms with Crippen molar-refractivity contribution in [2.24, 2.45) is 0 Å². The Morgan fingerprint density at radius 3 is 2.37 bits per heavy atom. The van der Waals surface area contributed by atoms with Crippen LogP contribution in [0.3, 0.4) is 0 Å². The van der Waals surface area contributed by atoms with E-state index in [1.54, 1.807) is 25.1 Å². The van der Waals surface area contributed by atoms with E-state index in [2.05, 4.69) is 10.6 Å². The van der Waals surface area contributed by atoms with Gasteiger partial charge in [0.05, 0.1) is 16.1 Å². The third-order valence-corrected chi connectivity index (χ3v) is 7.47. The molecule has 0 radical (unpaired) electrons. The van der Waals surface area contributed by atoms with Gasteiger partial charge >= 0.3 is 0 Å². The number of nitrogens with zero attached hydrogens (tertiary/aromatic N) is 1. The summed E-state index contributed by atoms with van der Waals surface area (Å²) in [5, 5.41) is 5.32. The molecule has 2 N–H and O–H groups in total. The number of hydrogen-bond acceptors (Lipinski definition) is 4. The van der Waals surface area contributed by atoms with Gasteiger partial charge in [0.2, 0.25) is 10.0 Å². The summed E-state index contributed by atoms with van der Waals surface area (Å²) < 4.78 is 27.4. The number of anilines is 1. The van der Waals surface area contributed by atoms with Crippen molar-refractivity contribution in [3.05, 3.63) is 59.2 Å². The first-order chi connectivity index (χ1) is 14.3. The molecule has 0 bridgehead atoms. The molecule has 0 aliphatic carbocycles. The van der Waals surface area contributed by atoms with Crippen molar-refractivity contribution in [3.63, 3.8) is 0 Å². The molecule has 2 aromatic carbocycles. The number of amides is 2. The molecule has 3 rings (SSSR count). The summed E-state index contributed by atoms with van der Waals surface area (Å²) in [7, 11) is -2.06. The number of sulfonamides is 1. The Morgan fingerprint density at radius 1 is 1.03 bits per heavy atom. The number of nitrogens with one attached hydrogen (secondary N) is 2. The normalized spacial score (nSPS) is 17.4. The van der Waals surface area contributed by atoms with Crippen molar-refractivity contribution in [1.82, 2.24) is 9.62 Å². The number of carbonyl (C=O) groups excluding carboxylic acids is 2. The number of aryl methyl sites for hydroxylation is 1.